The van der Waals surface area contributed by atoms with Crippen LogP contribution in [0.5, 0.6) is 0 Å². The molecule has 0 spiro atoms. The van der Waals surface area contributed by atoms with Crippen molar-refractivity contribution in [2.75, 3.05) is 5.32 Å². The Bertz CT molecular complexity index is 1140. The maximum absolute atomic E-state index is 12.4. The number of benzene rings is 2. The first kappa shape index (κ1) is 15.7. The third-order valence-electron chi connectivity index (χ3n) is 3.83. The van der Waals surface area contributed by atoms with E-state index in [4.69, 9.17) is 4.42 Å². The zero-order valence-corrected chi connectivity index (χ0v) is 13.5. The quantitative estimate of drug-likeness (QED) is 0.576. The number of nitrogens with zero attached hydrogens (tertiary/aromatic N) is 2. The molecule has 6 heteroatoms. The highest BCUT2D eigenvalue weighted by Gasteiger charge is 2.14. The Kier molecular flexibility index (Phi) is 3.99. The van der Waals surface area contributed by atoms with Gasteiger partial charge in [0.1, 0.15) is 11.1 Å². The number of aromatic nitrogens is 2. The molecule has 26 heavy (non-hydrogen) atoms. The molecule has 0 atom stereocenters. The molecule has 0 aliphatic rings. The van der Waals surface area contributed by atoms with Crippen LogP contribution in [0.2, 0.25) is 0 Å². The van der Waals surface area contributed by atoms with Crippen LogP contribution in [0.15, 0.2) is 82.3 Å². The highest BCUT2D eigenvalue weighted by Crippen LogP contribution is 2.16. The maximum atomic E-state index is 12.4. The molecule has 6 nitrogen and oxygen atoms in total. The summed E-state index contributed by atoms with van der Waals surface area (Å²) in [5.74, 6) is -0.0191. The summed E-state index contributed by atoms with van der Waals surface area (Å²) in [5, 5.41) is 3.29. The fourth-order valence-electron chi connectivity index (χ4n) is 2.55. The summed E-state index contributed by atoms with van der Waals surface area (Å²) in [4.78, 5) is 32.9. The average Bonchev–Trinajstić information content (AvgIpc) is 2.68. The number of rotatable bonds is 3. The standard InChI is InChI=1S/C20H13N3O3/c24-19(16-10-14-8-4-5-9-17(14)26-20(16)25)23-15-11-21-18(22-12-15)13-6-2-1-3-7-13/h1-12H,(H,23,24). The Balaban J connectivity index is 1.58. The second-order valence-corrected chi connectivity index (χ2v) is 5.60. The van der Waals surface area contributed by atoms with Gasteiger partial charge in [-0.05, 0) is 12.1 Å². The molecule has 1 amide bonds. The molecule has 0 unspecified atom stereocenters. The van der Waals surface area contributed by atoms with Gasteiger partial charge in [-0.2, -0.15) is 0 Å². The highest BCUT2D eigenvalue weighted by atomic mass is 16.4. The lowest BCUT2D eigenvalue weighted by atomic mass is 10.2. The Morgan fingerprint density at radius 1 is 0.923 bits per heavy atom. The molecule has 4 rings (SSSR count). The molecule has 0 radical (unpaired) electrons. The van der Waals surface area contributed by atoms with E-state index in [-0.39, 0.29) is 5.56 Å². The van der Waals surface area contributed by atoms with Crippen molar-refractivity contribution in [1.82, 2.24) is 9.97 Å². The Labute approximate surface area is 148 Å². The van der Waals surface area contributed by atoms with Crippen molar-refractivity contribution in [3.63, 3.8) is 0 Å². The lowest BCUT2D eigenvalue weighted by Gasteiger charge is -2.05. The third kappa shape index (κ3) is 3.08. The Hall–Kier alpha value is -3.80. The minimum atomic E-state index is -0.692. The second kappa shape index (κ2) is 6.60. The smallest absolute Gasteiger partial charge is 0.349 e. The van der Waals surface area contributed by atoms with Gasteiger partial charge >= 0.3 is 5.63 Å². The Morgan fingerprint density at radius 3 is 2.38 bits per heavy atom. The molecule has 2 aromatic heterocycles. The number of amides is 1. The first-order valence-electron chi connectivity index (χ1n) is 7.92. The van der Waals surface area contributed by atoms with E-state index in [9.17, 15) is 9.59 Å². The number of hydrogen-bond acceptors (Lipinski definition) is 5. The van der Waals surface area contributed by atoms with Crippen LogP contribution in [0.3, 0.4) is 0 Å². The molecule has 2 heterocycles. The van der Waals surface area contributed by atoms with Crippen LogP contribution in [0, 0.1) is 0 Å². The van der Waals surface area contributed by atoms with E-state index >= 15 is 0 Å². The topological polar surface area (TPSA) is 85.1 Å². The largest absolute Gasteiger partial charge is 0.422 e. The summed E-state index contributed by atoms with van der Waals surface area (Å²) in [6, 6.07) is 18.0. The van der Waals surface area contributed by atoms with E-state index in [1.54, 1.807) is 24.3 Å². The van der Waals surface area contributed by atoms with Crippen LogP contribution in [0.25, 0.3) is 22.4 Å². The number of para-hydroxylation sites is 1. The highest BCUT2D eigenvalue weighted by molar-refractivity contribution is 6.05. The lowest BCUT2D eigenvalue weighted by molar-refractivity contribution is 0.102. The minimum Gasteiger partial charge on any atom is -0.422 e. The van der Waals surface area contributed by atoms with Crippen LogP contribution in [0.4, 0.5) is 5.69 Å². The molecule has 0 saturated carbocycles. The molecule has 1 N–H and O–H groups in total. The molecular formula is C20H13N3O3. The van der Waals surface area contributed by atoms with Crippen molar-refractivity contribution in [2.24, 2.45) is 0 Å². The summed E-state index contributed by atoms with van der Waals surface area (Å²) in [6.07, 6.45) is 2.99. The van der Waals surface area contributed by atoms with Gasteiger partial charge in [-0.3, -0.25) is 4.79 Å². The fourth-order valence-corrected chi connectivity index (χ4v) is 2.55. The van der Waals surface area contributed by atoms with Gasteiger partial charge in [0.2, 0.25) is 0 Å². The maximum Gasteiger partial charge on any atom is 0.349 e. The third-order valence-corrected chi connectivity index (χ3v) is 3.83. The van der Waals surface area contributed by atoms with E-state index in [1.807, 2.05) is 30.3 Å². The SMILES string of the molecule is O=C(Nc1cnc(-c2ccccc2)nc1)c1cc2ccccc2oc1=O. The van der Waals surface area contributed by atoms with E-state index in [0.29, 0.717) is 22.5 Å². The number of carbonyl (C=O) groups is 1. The van der Waals surface area contributed by atoms with Gasteiger partial charge in [-0.25, -0.2) is 14.8 Å². The number of fused-ring (bicyclic) bond motifs is 1. The molecule has 0 saturated heterocycles. The molecule has 4 aromatic rings. The van der Waals surface area contributed by atoms with Crippen molar-refractivity contribution in [1.29, 1.82) is 0 Å². The number of carbonyl (C=O) groups excluding carboxylic acids is 1. The number of nitrogens with one attached hydrogen (secondary N) is 1. The molecular weight excluding hydrogens is 330 g/mol. The van der Waals surface area contributed by atoms with Gasteiger partial charge in [-0.15, -0.1) is 0 Å². The van der Waals surface area contributed by atoms with Crippen LogP contribution < -0.4 is 10.9 Å². The summed E-state index contributed by atoms with van der Waals surface area (Å²) in [5.41, 5.74) is 0.936. The fraction of sp³-hybridized carbons (Fsp3) is 0. The zero-order valence-electron chi connectivity index (χ0n) is 13.5. The van der Waals surface area contributed by atoms with E-state index in [1.165, 1.54) is 18.5 Å². The number of anilines is 1. The van der Waals surface area contributed by atoms with E-state index < -0.39 is 11.5 Å². The predicted octanol–water partition coefficient (Wildman–Crippen LogP) is 3.50. The predicted molar refractivity (Wildman–Crippen MR) is 97.9 cm³/mol. The van der Waals surface area contributed by atoms with Gasteiger partial charge in [-0.1, -0.05) is 48.5 Å². The van der Waals surface area contributed by atoms with Crippen LogP contribution in [0.1, 0.15) is 10.4 Å². The molecule has 0 aliphatic carbocycles. The van der Waals surface area contributed by atoms with Gasteiger partial charge in [0.05, 0.1) is 18.1 Å². The molecule has 0 fully saturated rings. The van der Waals surface area contributed by atoms with Crippen molar-refractivity contribution in [3.8, 4) is 11.4 Å². The molecule has 2 aromatic carbocycles. The second-order valence-electron chi connectivity index (χ2n) is 5.60. The minimum absolute atomic E-state index is 0.0733. The van der Waals surface area contributed by atoms with Crippen molar-refractivity contribution in [2.45, 2.75) is 0 Å². The molecule has 0 aliphatic heterocycles. The summed E-state index contributed by atoms with van der Waals surface area (Å²) in [6.45, 7) is 0. The average molecular weight is 343 g/mol. The van der Waals surface area contributed by atoms with Crippen LogP contribution in [-0.2, 0) is 0 Å². The monoisotopic (exact) mass is 343 g/mol. The molecule has 126 valence electrons. The van der Waals surface area contributed by atoms with Crippen LogP contribution in [-0.4, -0.2) is 15.9 Å². The summed E-state index contributed by atoms with van der Waals surface area (Å²) < 4.78 is 5.18. The first-order chi connectivity index (χ1) is 12.7. The zero-order chi connectivity index (χ0) is 17.9. The van der Waals surface area contributed by atoms with Gasteiger partial charge < -0.3 is 9.73 Å². The van der Waals surface area contributed by atoms with E-state index in [2.05, 4.69) is 15.3 Å². The van der Waals surface area contributed by atoms with Crippen molar-refractivity contribution >= 4 is 22.6 Å². The van der Waals surface area contributed by atoms with Gasteiger partial charge in [0.25, 0.3) is 5.91 Å². The number of hydrogen-bond donors (Lipinski definition) is 1. The lowest BCUT2D eigenvalue weighted by Crippen LogP contribution is -2.20. The first-order valence-corrected chi connectivity index (χ1v) is 7.92. The van der Waals surface area contributed by atoms with Crippen molar-refractivity contribution < 1.29 is 9.21 Å². The Morgan fingerprint density at radius 2 is 1.62 bits per heavy atom. The summed E-state index contributed by atoms with van der Waals surface area (Å²) >= 11 is 0. The normalized spacial score (nSPS) is 10.6. The van der Waals surface area contributed by atoms with Crippen LogP contribution >= 0.6 is 0 Å². The van der Waals surface area contributed by atoms with Crippen molar-refractivity contribution in [3.05, 3.63) is 89.0 Å². The summed E-state index contributed by atoms with van der Waals surface area (Å²) in [7, 11) is 0. The van der Waals surface area contributed by atoms with Gasteiger partial charge in [0, 0.05) is 10.9 Å². The molecule has 0 bridgehead atoms. The van der Waals surface area contributed by atoms with E-state index in [0.717, 1.165) is 5.56 Å². The van der Waals surface area contributed by atoms with Gasteiger partial charge in [0.15, 0.2) is 5.82 Å².